The van der Waals surface area contributed by atoms with Crippen molar-refractivity contribution >= 4 is 39.8 Å². The highest BCUT2D eigenvalue weighted by molar-refractivity contribution is 7.98. The van der Waals surface area contributed by atoms with Crippen LogP contribution in [0, 0.1) is 6.92 Å². The zero-order chi connectivity index (χ0) is 19.3. The maximum atomic E-state index is 12.4. The summed E-state index contributed by atoms with van der Waals surface area (Å²) in [5, 5.41) is 7.24. The van der Waals surface area contributed by atoms with Gasteiger partial charge in [-0.3, -0.25) is 4.79 Å². The summed E-state index contributed by atoms with van der Waals surface area (Å²) in [7, 11) is 0. The fraction of sp³-hybridized carbons (Fsp3) is 0.286. The minimum absolute atomic E-state index is 0.0907. The van der Waals surface area contributed by atoms with Gasteiger partial charge in [-0.25, -0.2) is 9.97 Å². The summed E-state index contributed by atoms with van der Waals surface area (Å²) in [6, 6.07) is 12.0. The van der Waals surface area contributed by atoms with Gasteiger partial charge in [0, 0.05) is 36.1 Å². The number of thioether (sulfide) groups is 1. The Morgan fingerprint density at radius 1 is 1.21 bits per heavy atom. The molecule has 7 heteroatoms. The van der Waals surface area contributed by atoms with E-state index in [1.54, 1.807) is 29.3 Å². The number of para-hydroxylation sites is 1. The minimum atomic E-state index is 0.0907. The van der Waals surface area contributed by atoms with E-state index in [0.29, 0.717) is 5.56 Å². The Morgan fingerprint density at radius 2 is 2.04 bits per heavy atom. The van der Waals surface area contributed by atoms with Gasteiger partial charge in [0.05, 0.1) is 16.3 Å². The van der Waals surface area contributed by atoms with Crippen LogP contribution in [-0.2, 0) is 5.75 Å². The van der Waals surface area contributed by atoms with Crippen LogP contribution >= 0.6 is 23.1 Å². The molecule has 0 saturated carbocycles. The van der Waals surface area contributed by atoms with E-state index in [1.165, 1.54) is 5.56 Å². The number of hydrogen-bond acceptors (Lipinski definition) is 6. The summed E-state index contributed by atoms with van der Waals surface area (Å²) in [5.74, 6) is 0.839. The highest BCUT2D eigenvalue weighted by Crippen LogP contribution is 2.27. The molecule has 1 fully saturated rings. The first-order valence-electron chi connectivity index (χ1n) is 9.34. The van der Waals surface area contributed by atoms with Crippen LogP contribution in [0.15, 0.2) is 53.0 Å². The summed E-state index contributed by atoms with van der Waals surface area (Å²) < 4.78 is 0. The zero-order valence-electron chi connectivity index (χ0n) is 15.7. The summed E-state index contributed by atoms with van der Waals surface area (Å²) >= 11 is 3.23. The molecule has 1 aliphatic rings. The third-order valence-corrected chi connectivity index (χ3v) is 6.47. The molecule has 3 aromatic rings. The maximum Gasteiger partial charge on any atom is 0.255 e. The number of rotatable bonds is 6. The van der Waals surface area contributed by atoms with Crippen LogP contribution < -0.4 is 5.32 Å². The summed E-state index contributed by atoms with van der Waals surface area (Å²) in [6.45, 7) is 3.80. The highest BCUT2D eigenvalue weighted by Gasteiger charge is 2.19. The number of nitrogens with one attached hydrogen (secondary N) is 1. The molecule has 5 nitrogen and oxygen atoms in total. The monoisotopic (exact) mass is 410 g/mol. The van der Waals surface area contributed by atoms with Gasteiger partial charge in [-0.2, -0.15) is 0 Å². The second kappa shape index (κ2) is 8.75. The van der Waals surface area contributed by atoms with Crippen molar-refractivity contribution < 1.29 is 4.79 Å². The van der Waals surface area contributed by atoms with E-state index in [9.17, 15) is 4.79 Å². The SMILES string of the molecule is Cc1ccccc1Nc1nc(CSc2ccc(C(=O)N3CCCC3)cn2)cs1. The first-order valence-corrected chi connectivity index (χ1v) is 11.2. The Bertz CT molecular complexity index is 949. The Hall–Kier alpha value is -2.38. The topological polar surface area (TPSA) is 58.1 Å². The Morgan fingerprint density at radius 3 is 2.79 bits per heavy atom. The third-order valence-electron chi connectivity index (χ3n) is 4.68. The number of benzene rings is 1. The van der Waals surface area contributed by atoms with Crippen molar-refractivity contribution in [1.29, 1.82) is 0 Å². The fourth-order valence-corrected chi connectivity index (χ4v) is 4.67. The summed E-state index contributed by atoms with van der Waals surface area (Å²) in [4.78, 5) is 23.4. The van der Waals surface area contributed by atoms with E-state index in [0.717, 1.165) is 53.2 Å². The summed E-state index contributed by atoms with van der Waals surface area (Å²) in [6.07, 6.45) is 3.89. The smallest absolute Gasteiger partial charge is 0.255 e. The molecule has 0 aliphatic carbocycles. The quantitative estimate of drug-likeness (QED) is 0.572. The van der Waals surface area contributed by atoms with Gasteiger partial charge in [-0.15, -0.1) is 23.1 Å². The number of carbonyl (C=O) groups is 1. The van der Waals surface area contributed by atoms with E-state index in [2.05, 4.69) is 39.7 Å². The van der Waals surface area contributed by atoms with Crippen LogP contribution in [0.25, 0.3) is 0 Å². The number of likely N-dealkylation sites (tertiary alicyclic amines) is 1. The number of anilines is 2. The molecule has 3 heterocycles. The van der Waals surface area contributed by atoms with Gasteiger partial charge in [-0.1, -0.05) is 18.2 Å². The van der Waals surface area contributed by atoms with Crippen LogP contribution in [0.1, 0.15) is 34.5 Å². The van der Waals surface area contributed by atoms with Crippen LogP contribution in [0.3, 0.4) is 0 Å². The predicted octanol–water partition coefficient (Wildman–Crippen LogP) is 5.12. The lowest BCUT2D eigenvalue weighted by molar-refractivity contribution is 0.0792. The normalized spacial score (nSPS) is 13.7. The predicted molar refractivity (Wildman–Crippen MR) is 116 cm³/mol. The van der Waals surface area contributed by atoms with Gasteiger partial charge in [0.2, 0.25) is 0 Å². The molecule has 2 aromatic heterocycles. The van der Waals surface area contributed by atoms with E-state index in [-0.39, 0.29) is 5.91 Å². The van der Waals surface area contributed by atoms with Gasteiger partial charge in [0.1, 0.15) is 0 Å². The number of pyridine rings is 1. The van der Waals surface area contributed by atoms with Crippen molar-refractivity contribution in [3.63, 3.8) is 0 Å². The first kappa shape index (κ1) is 19.0. The molecule has 0 radical (unpaired) electrons. The zero-order valence-corrected chi connectivity index (χ0v) is 17.4. The van der Waals surface area contributed by atoms with E-state index in [1.807, 2.05) is 29.2 Å². The Labute approximate surface area is 173 Å². The molecule has 0 unspecified atom stereocenters. The molecule has 0 spiro atoms. The lowest BCUT2D eigenvalue weighted by atomic mass is 10.2. The molecule has 0 bridgehead atoms. The van der Waals surface area contributed by atoms with Crippen molar-refractivity contribution in [2.45, 2.75) is 30.5 Å². The van der Waals surface area contributed by atoms with Crippen LogP contribution in [-0.4, -0.2) is 33.9 Å². The number of amides is 1. The van der Waals surface area contributed by atoms with E-state index >= 15 is 0 Å². The Kier molecular flexibility index (Phi) is 5.92. The van der Waals surface area contributed by atoms with Crippen LogP contribution in [0.4, 0.5) is 10.8 Å². The standard InChI is InChI=1S/C21H22N4OS2/c1-15-6-2-3-7-18(15)24-21-23-17(14-28-21)13-27-19-9-8-16(12-22-19)20(26)25-10-4-5-11-25/h2-3,6-9,12,14H,4-5,10-11,13H2,1H3,(H,23,24). The second-order valence-electron chi connectivity index (χ2n) is 6.76. The molecule has 1 N–H and O–H groups in total. The fourth-order valence-electron chi connectivity index (χ4n) is 3.10. The van der Waals surface area contributed by atoms with Gasteiger partial charge in [0.15, 0.2) is 5.13 Å². The van der Waals surface area contributed by atoms with Crippen molar-refractivity contribution in [3.8, 4) is 0 Å². The van der Waals surface area contributed by atoms with E-state index < -0.39 is 0 Å². The molecule has 0 atom stereocenters. The van der Waals surface area contributed by atoms with Gasteiger partial charge >= 0.3 is 0 Å². The summed E-state index contributed by atoms with van der Waals surface area (Å²) in [5.41, 5.74) is 3.96. The molecule has 1 saturated heterocycles. The maximum absolute atomic E-state index is 12.4. The largest absolute Gasteiger partial charge is 0.339 e. The number of aromatic nitrogens is 2. The Balaban J connectivity index is 1.33. The molecule has 28 heavy (non-hydrogen) atoms. The van der Waals surface area contributed by atoms with Crippen LogP contribution in [0.5, 0.6) is 0 Å². The third kappa shape index (κ3) is 4.54. The molecule has 1 aromatic carbocycles. The van der Waals surface area contributed by atoms with E-state index in [4.69, 9.17) is 0 Å². The lowest BCUT2D eigenvalue weighted by Crippen LogP contribution is -2.27. The molecular formula is C21H22N4OS2. The lowest BCUT2D eigenvalue weighted by Gasteiger charge is -2.14. The number of hydrogen-bond donors (Lipinski definition) is 1. The molecule has 1 amide bonds. The number of aryl methyl sites for hydroxylation is 1. The molecule has 144 valence electrons. The second-order valence-corrected chi connectivity index (χ2v) is 8.61. The number of thiazole rings is 1. The van der Waals surface area contributed by atoms with Gasteiger partial charge in [-0.05, 0) is 43.5 Å². The van der Waals surface area contributed by atoms with Gasteiger partial charge < -0.3 is 10.2 Å². The van der Waals surface area contributed by atoms with Gasteiger partial charge in [0.25, 0.3) is 5.91 Å². The number of nitrogens with zero attached hydrogens (tertiary/aromatic N) is 3. The average molecular weight is 411 g/mol. The molecular weight excluding hydrogens is 388 g/mol. The first-order chi connectivity index (χ1) is 13.7. The molecule has 4 rings (SSSR count). The molecule has 1 aliphatic heterocycles. The van der Waals surface area contributed by atoms with Crippen molar-refractivity contribution in [1.82, 2.24) is 14.9 Å². The number of carbonyl (C=O) groups excluding carboxylic acids is 1. The van der Waals surface area contributed by atoms with Crippen LogP contribution in [0.2, 0.25) is 0 Å². The average Bonchev–Trinajstić information content (AvgIpc) is 3.40. The highest BCUT2D eigenvalue weighted by atomic mass is 32.2. The van der Waals surface area contributed by atoms with Crippen molar-refractivity contribution in [3.05, 3.63) is 64.8 Å². The minimum Gasteiger partial charge on any atom is -0.339 e. The van der Waals surface area contributed by atoms with Crippen molar-refractivity contribution in [2.24, 2.45) is 0 Å². The van der Waals surface area contributed by atoms with Crippen molar-refractivity contribution in [2.75, 3.05) is 18.4 Å².